The second-order valence-corrected chi connectivity index (χ2v) is 6.14. The molecule has 0 aliphatic carbocycles. The van der Waals surface area contributed by atoms with Gasteiger partial charge in [-0.2, -0.15) is 0 Å². The molecule has 3 rings (SSSR count). The zero-order valence-corrected chi connectivity index (χ0v) is 12.3. The number of aryl methyl sites for hydroxylation is 2. The van der Waals surface area contributed by atoms with Crippen LogP contribution in [0.15, 0.2) is 21.9 Å². The molecule has 1 amide bonds. The number of carbonyl (C=O) groups excluding carboxylic acids is 1. The highest BCUT2D eigenvalue weighted by Gasteiger charge is 2.16. The van der Waals surface area contributed by atoms with Crippen molar-refractivity contribution in [2.24, 2.45) is 0 Å². The maximum absolute atomic E-state index is 11.9. The molecule has 0 aromatic carbocycles. The van der Waals surface area contributed by atoms with E-state index in [1.165, 1.54) is 22.7 Å². The third-order valence-corrected chi connectivity index (χ3v) is 4.42. The summed E-state index contributed by atoms with van der Waals surface area (Å²) < 4.78 is 5.45. The SMILES string of the molecule is Cc1nc(C)c(-c2nnc(NC(=O)c3cccs3)o2)s1. The van der Waals surface area contributed by atoms with Gasteiger partial charge < -0.3 is 4.42 Å². The molecule has 0 aliphatic heterocycles. The van der Waals surface area contributed by atoms with Crippen molar-refractivity contribution in [2.75, 3.05) is 5.32 Å². The minimum atomic E-state index is -0.257. The standard InChI is InChI=1S/C12H10N4O2S2/c1-6-9(20-7(2)13-6)11-15-16-12(18-11)14-10(17)8-4-3-5-19-8/h3-5H,1-2H3,(H,14,16,17). The van der Waals surface area contributed by atoms with Crippen LogP contribution < -0.4 is 5.32 Å². The van der Waals surface area contributed by atoms with Crippen LogP contribution in [0.1, 0.15) is 20.4 Å². The number of nitrogens with zero attached hydrogens (tertiary/aromatic N) is 3. The first-order chi connectivity index (χ1) is 9.63. The van der Waals surface area contributed by atoms with Crippen molar-refractivity contribution in [3.8, 4) is 10.8 Å². The summed E-state index contributed by atoms with van der Waals surface area (Å²) >= 11 is 2.83. The first-order valence-corrected chi connectivity index (χ1v) is 7.46. The fourth-order valence-electron chi connectivity index (χ4n) is 1.66. The van der Waals surface area contributed by atoms with Gasteiger partial charge in [0.15, 0.2) is 0 Å². The molecule has 20 heavy (non-hydrogen) atoms. The number of hydrogen-bond donors (Lipinski definition) is 1. The monoisotopic (exact) mass is 306 g/mol. The first kappa shape index (κ1) is 12.9. The van der Waals surface area contributed by atoms with Gasteiger partial charge in [0.25, 0.3) is 11.8 Å². The van der Waals surface area contributed by atoms with Gasteiger partial charge in [0.1, 0.15) is 4.88 Å². The van der Waals surface area contributed by atoms with Crippen LogP contribution in [0.2, 0.25) is 0 Å². The minimum absolute atomic E-state index is 0.0869. The highest BCUT2D eigenvalue weighted by molar-refractivity contribution is 7.15. The van der Waals surface area contributed by atoms with E-state index in [-0.39, 0.29) is 11.9 Å². The maximum Gasteiger partial charge on any atom is 0.322 e. The predicted octanol–water partition coefficient (Wildman–Crippen LogP) is 3.12. The number of nitrogens with one attached hydrogen (secondary N) is 1. The quantitative estimate of drug-likeness (QED) is 0.804. The lowest BCUT2D eigenvalue weighted by Gasteiger charge is -1.95. The Bertz CT molecular complexity index is 745. The molecule has 3 aromatic heterocycles. The van der Waals surface area contributed by atoms with Crippen LogP contribution in [0, 0.1) is 13.8 Å². The molecule has 0 saturated heterocycles. The molecule has 0 spiro atoms. The molecule has 0 aliphatic rings. The molecule has 102 valence electrons. The summed E-state index contributed by atoms with van der Waals surface area (Å²) in [6.45, 7) is 3.80. The van der Waals surface area contributed by atoms with Crippen molar-refractivity contribution in [2.45, 2.75) is 13.8 Å². The third-order valence-electron chi connectivity index (χ3n) is 2.49. The third kappa shape index (κ3) is 2.47. The number of aromatic nitrogens is 3. The Kier molecular flexibility index (Phi) is 3.33. The molecule has 3 heterocycles. The van der Waals surface area contributed by atoms with Gasteiger partial charge in [-0.05, 0) is 25.3 Å². The van der Waals surface area contributed by atoms with Crippen LogP contribution in [0.25, 0.3) is 10.8 Å². The lowest BCUT2D eigenvalue weighted by atomic mass is 10.4. The zero-order chi connectivity index (χ0) is 14.1. The minimum Gasteiger partial charge on any atom is -0.402 e. The van der Waals surface area contributed by atoms with Crippen LogP contribution in [0.4, 0.5) is 6.01 Å². The second kappa shape index (κ2) is 5.14. The smallest absolute Gasteiger partial charge is 0.322 e. The summed E-state index contributed by atoms with van der Waals surface area (Å²) in [5.41, 5.74) is 0.840. The topological polar surface area (TPSA) is 80.9 Å². The molecule has 0 unspecified atom stereocenters. The van der Waals surface area contributed by atoms with E-state index in [4.69, 9.17) is 4.42 Å². The summed E-state index contributed by atoms with van der Waals surface area (Å²) in [7, 11) is 0. The number of rotatable bonds is 3. The van der Waals surface area contributed by atoms with Gasteiger partial charge in [-0.3, -0.25) is 10.1 Å². The van der Waals surface area contributed by atoms with Gasteiger partial charge in [0, 0.05) is 0 Å². The van der Waals surface area contributed by atoms with E-state index >= 15 is 0 Å². The zero-order valence-electron chi connectivity index (χ0n) is 10.7. The summed E-state index contributed by atoms with van der Waals surface area (Å²) in [4.78, 5) is 17.6. The van der Waals surface area contributed by atoms with Crippen molar-refractivity contribution in [1.82, 2.24) is 15.2 Å². The van der Waals surface area contributed by atoms with Gasteiger partial charge in [-0.25, -0.2) is 4.98 Å². The predicted molar refractivity (Wildman–Crippen MR) is 77.2 cm³/mol. The Morgan fingerprint density at radius 1 is 1.35 bits per heavy atom. The van der Waals surface area contributed by atoms with E-state index in [0.29, 0.717) is 10.8 Å². The second-order valence-electron chi connectivity index (χ2n) is 3.99. The van der Waals surface area contributed by atoms with Crippen molar-refractivity contribution < 1.29 is 9.21 Å². The van der Waals surface area contributed by atoms with E-state index in [1.807, 2.05) is 25.3 Å². The first-order valence-electron chi connectivity index (χ1n) is 5.76. The molecule has 0 atom stereocenters. The number of thiophene rings is 1. The van der Waals surface area contributed by atoms with E-state index in [2.05, 4.69) is 20.5 Å². The van der Waals surface area contributed by atoms with Gasteiger partial charge in [0.05, 0.1) is 15.6 Å². The fraction of sp³-hybridized carbons (Fsp3) is 0.167. The van der Waals surface area contributed by atoms with E-state index in [9.17, 15) is 4.79 Å². The Balaban J connectivity index is 1.81. The fourth-order valence-corrected chi connectivity index (χ4v) is 3.12. The number of anilines is 1. The van der Waals surface area contributed by atoms with Crippen molar-refractivity contribution in [3.63, 3.8) is 0 Å². The summed E-state index contributed by atoms with van der Waals surface area (Å²) in [5.74, 6) is 0.113. The summed E-state index contributed by atoms with van der Waals surface area (Å²) in [6.07, 6.45) is 0. The lowest BCUT2D eigenvalue weighted by molar-refractivity contribution is 0.102. The van der Waals surface area contributed by atoms with Crippen LogP contribution in [-0.2, 0) is 0 Å². The van der Waals surface area contributed by atoms with Crippen LogP contribution in [-0.4, -0.2) is 21.1 Å². The van der Waals surface area contributed by atoms with Crippen molar-refractivity contribution in [3.05, 3.63) is 33.1 Å². The maximum atomic E-state index is 11.9. The molecular weight excluding hydrogens is 296 g/mol. The van der Waals surface area contributed by atoms with Crippen molar-refractivity contribution >= 4 is 34.6 Å². The molecule has 0 bridgehead atoms. The molecular formula is C12H10N4O2S2. The lowest BCUT2D eigenvalue weighted by Crippen LogP contribution is -2.10. The molecule has 3 aromatic rings. The van der Waals surface area contributed by atoms with E-state index in [0.717, 1.165) is 15.6 Å². The van der Waals surface area contributed by atoms with Gasteiger partial charge in [-0.15, -0.1) is 27.8 Å². The number of amides is 1. The molecule has 6 nitrogen and oxygen atoms in total. The average molecular weight is 306 g/mol. The van der Waals surface area contributed by atoms with Crippen LogP contribution in [0.5, 0.6) is 0 Å². The van der Waals surface area contributed by atoms with Gasteiger partial charge >= 0.3 is 6.01 Å². The Labute approximate surface area is 122 Å². The Morgan fingerprint density at radius 3 is 2.85 bits per heavy atom. The summed E-state index contributed by atoms with van der Waals surface area (Å²) in [6, 6.07) is 3.62. The van der Waals surface area contributed by atoms with E-state index in [1.54, 1.807) is 6.07 Å². The Hall–Kier alpha value is -2.06. The van der Waals surface area contributed by atoms with Crippen molar-refractivity contribution in [1.29, 1.82) is 0 Å². The van der Waals surface area contributed by atoms with Crippen LogP contribution in [0.3, 0.4) is 0 Å². The molecule has 0 radical (unpaired) electrons. The van der Waals surface area contributed by atoms with Gasteiger partial charge in [0.2, 0.25) is 0 Å². The van der Waals surface area contributed by atoms with Crippen LogP contribution >= 0.6 is 22.7 Å². The normalized spacial score (nSPS) is 10.7. The number of thiazole rings is 1. The summed E-state index contributed by atoms with van der Waals surface area (Å²) in [5, 5.41) is 13.1. The molecule has 0 fully saturated rings. The largest absolute Gasteiger partial charge is 0.402 e. The Morgan fingerprint density at radius 2 is 2.20 bits per heavy atom. The molecule has 8 heteroatoms. The molecule has 1 N–H and O–H groups in total. The van der Waals surface area contributed by atoms with Gasteiger partial charge in [-0.1, -0.05) is 11.2 Å². The average Bonchev–Trinajstić information content (AvgIpc) is 3.10. The highest BCUT2D eigenvalue weighted by atomic mass is 32.1. The highest BCUT2D eigenvalue weighted by Crippen LogP contribution is 2.29. The number of carbonyl (C=O) groups is 1. The molecule has 0 saturated carbocycles. The van der Waals surface area contributed by atoms with E-state index < -0.39 is 0 Å². The number of hydrogen-bond acceptors (Lipinski definition) is 7.